The Morgan fingerprint density at radius 3 is 2.41 bits per heavy atom. The minimum absolute atomic E-state index is 0.145. The van der Waals surface area contributed by atoms with Gasteiger partial charge in [-0.3, -0.25) is 4.90 Å². The number of nitrogens with zero attached hydrogens (tertiary/aromatic N) is 2. The molecule has 1 saturated heterocycles. The second-order valence-electron chi connectivity index (χ2n) is 10.0. The van der Waals surface area contributed by atoms with E-state index >= 15 is 0 Å². The van der Waals surface area contributed by atoms with Gasteiger partial charge in [0.15, 0.2) is 0 Å². The topological polar surface area (TPSA) is 26.6 Å². The summed E-state index contributed by atoms with van der Waals surface area (Å²) in [6.45, 7) is 5.73. The summed E-state index contributed by atoms with van der Waals surface area (Å²) in [6.07, 6.45) is 1.54. The van der Waals surface area contributed by atoms with Crippen molar-refractivity contribution in [2.75, 3.05) is 13.1 Å². The van der Waals surface area contributed by atoms with Crippen molar-refractivity contribution in [2.24, 2.45) is 0 Å². The van der Waals surface area contributed by atoms with Crippen LogP contribution in [0.2, 0.25) is 5.02 Å². The van der Waals surface area contributed by atoms with E-state index in [9.17, 15) is 13.2 Å². The van der Waals surface area contributed by atoms with Gasteiger partial charge in [0.1, 0.15) is 17.6 Å². The number of fused-ring (bicyclic) bond motifs is 1. The summed E-state index contributed by atoms with van der Waals surface area (Å²) in [5.41, 5.74) is 4.21. The molecule has 2 heterocycles. The molecule has 1 aromatic heterocycles. The lowest BCUT2D eigenvalue weighted by atomic mass is 10.0. The fourth-order valence-corrected chi connectivity index (χ4v) is 5.37. The summed E-state index contributed by atoms with van der Waals surface area (Å²) >= 11 is 6.26. The van der Waals surface area contributed by atoms with Gasteiger partial charge in [-0.2, -0.15) is 0 Å². The third-order valence-electron chi connectivity index (χ3n) is 7.17. The average Bonchev–Trinajstić information content (AvgIpc) is 3.27. The predicted molar refractivity (Wildman–Crippen MR) is 149 cm³/mol. The lowest BCUT2D eigenvalue weighted by Crippen LogP contribution is -2.37. The summed E-state index contributed by atoms with van der Waals surface area (Å²) in [4.78, 5) is 2.44. The van der Waals surface area contributed by atoms with E-state index in [1.807, 2.05) is 24.3 Å². The van der Waals surface area contributed by atoms with E-state index in [0.717, 1.165) is 79.6 Å². The van der Waals surface area contributed by atoms with Crippen molar-refractivity contribution in [1.82, 2.24) is 9.47 Å². The zero-order chi connectivity index (χ0) is 27.4. The number of alkyl halides is 3. The molecule has 0 amide bonds. The third kappa shape index (κ3) is 6.89. The van der Waals surface area contributed by atoms with E-state index in [1.165, 1.54) is 17.7 Å². The van der Waals surface area contributed by atoms with Crippen molar-refractivity contribution in [3.8, 4) is 22.6 Å². The van der Waals surface area contributed by atoms with Crippen molar-refractivity contribution < 1.29 is 22.6 Å². The number of para-hydroxylation sites is 1. The summed E-state index contributed by atoms with van der Waals surface area (Å²) in [5, 5.41) is 1.74. The molecule has 8 heteroatoms. The smallest absolute Gasteiger partial charge is 0.489 e. The Morgan fingerprint density at radius 1 is 0.974 bits per heavy atom. The van der Waals surface area contributed by atoms with Crippen LogP contribution >= 0.6 is 11.6 Å². The molecule has 4 nitrogen and oxygen atoms in total. The lowest BCUT2D eigenvalue weighted by Gasteiger charge is -2.32. The summed E-state index contributed by atoms with van der Waals surface area (Å²) in [5.74, 6) is 0.518. The van der Waals surface area contributed by atoms with Gasteiger partial charge in [0, 0.05) is 48.8 Å². The number of rotatable bonds is 9. The third-order valence-corrected chi connectivity index (χ3v) is 7.48. The Morgan fingerprint density at radius 2 is 1.72 bits per heavy atom. The summed E-state index contributed by atoms with van der Waals surface area (Å²) < 4.78 is 50.3. The molecule has 206 valence electrons. The van der Waals surface area contributed by atoms with Crippen LogP contribution in [-0.4, -0.2) is 35.0 Å². The quantitative estimate of drug-likeness (QED) is 0.206. The fraction of sp³-hybridized carbons (Fsp3) is 0.355. The maximum absolute atomic E-state index is 12.6. The van der Waals surface area contributed by atoms with Gasteiger partial charge >= 0.3 is 6.36 Å². The average molecular weight is 557 g/mol. The highest BCUT2D eigenvalue weighted by Gasteiger charge is 2.31. The minimum atomic E-state index is -4.71. The van der Waals surface area contributed by atoms with Crippen molar-refractivity contribution >= 4 is 22.5 Å². The number of hydrogen-bond donors (Lipinski definition) is 0. The number of unbranched alkanes of at least 4 members (excludes halogenated alkanes) is 1. The van der Waals surface area contributed by atoms with Crippen LogP contribution in [0.25, 0.3) is 22.0 Å². The van der Waals surface area contributed by atoms with Crippen LogP contribution in [0.3, 0.4) is 0 Å². The maximum Gasteiger partial charge on any atom is 0.573 e. The van der Waals surface area contributed by atoms with Gasteiger partial charge in [-0.15, -0.1) is 13.2 Å². The first-order chi connectivity index (χ1) is 18.8. The number of aromatic nitrogens is 1. The molecule has 0 N–H and O–H groups in total. The second kappa shape index (κ2) is 11.9. The zero-order valence-electron chi connectivity index (χ0n) is 21.9. The van der Waals surface area contributed by atoms with Gasteiger partial charge in [0.2, 0.25) is 0 Å². The molecule has 3 aromatic carbocycles. The van der Waals surface area contributed by atoms with Gasteiger partial charge in [-0.25, -0.2) is 0 Å². The monoisotopic (exact) mass is 556 g/mol. The molecule has 0 aliphatic carbocycles. The van der Waals surface area contributed by atoms with E-state index in [-0.39, 0.29) is 11.9 Å². The predicted octanol–water partition coefficient (Wildman–Crippen LogP) is 8.70. The SMILES string of the molecule is CCCCn1cc(-c2ccc(OC(F)(F)F)cc2)c2cc(CN3CCC(Oc4ccccc4Cl)CC3)ccc21. The first kappa shape index (κ1) is 27.4. The Bertz CT molecular complexity index is 1390. The molecule has 1 aliphatic rings. The number of hydrogen-bond acceptors (Lipinski definition) is 3. The van der Waals surface area contributed by atoms with Crippen molar-refractivity contribution in [1.29, 1.82) is 0 Å². The number of likely N-dealkylation sites (tertiary alicyclic amines) is 1. The van der Waals surface area contributed by atoms with Crippen molar-refractivity contribution in [3.63, 3.8) is 0 Å². The van der Waals surface area contributed by atoms with Crippen LogP contribution in [0.1, 0.15) is 38.2 Å². The van der Waals surface area contributed by atoms with E-state index in [0.29, 0.717) is 5.02 Å². The van der Waals surface area contributed by atoms with Gasteiger partial charge < -0.3 is 14.0 Å². The molecule has 39 heavy (non-hydrogen) atoms. The summed E-state index contributed by atoms with van der Waals surface area (Å²) in [6, 6.07) is 20.3. The normalized spacial score (nSPS) is 15.1. The number of aryl methyl sites for hydroxylation is 1. The molecular formula is C31H32ClF3N2O2. The molecule has 1 aliphatic heterocycles. The molecule has 0 spiro atoms. The molecule has 1 fully saturated rings. The molecule has 4 aromatic rings. The molecule has 0 atom stereocenters. The lowest BCUT2D eigenvalue weighted by molar-refractivity contribution is -0.274. The number of halogens is 4. The zero-order valence-corrected chi connectivity index (χ0v) is 22.6. The van der Waals surface area contributed by atoms with E-state index in [2.05, 4.69) is 45.5 Å². The molecular weight excluding hydrogens is 525 g/mol. The Balaban J connectivity index is 1.32. The van der Waals surface area contributed by atoms with Gasteiger partial charge in [-0.1, -0.05) is 55.3 Å². The highest BCUT2D eigenvalue weighted by Crippen LogP contribution is 2.34. The van der Waals surface area contributed by atoms with Crippen LogP contribution in [0.4, 0.5) is 13.2 Å². The van der Waals surface area contributed by atoms with E-state index < -0.39 is 6.36 Å². The molecule has 5 rings (SSSR count). The molecule has 0 radical (unpaired) electrons. The molecule has 0 unspecified atom stereocenters. The van der Waals surface area contributed by atoms with Crippen molar-refractivity contribution in [3.05, 3.63) is 83.5 Å². The maximum atomic E-state index is 12.6. The largest absolute Gasteiger partial charge is 0.573 e. The fourth-order valence-electron chi connectivity index (χ4n) is 5.19. The molecule has 0 bridgehead atoms. The minimum Gasteiger partial charge on any atom is -0.489 e. The van der Waals surface area contributed by atoms with Crippen LogP contribution in [0, 0.1) is 0 Å². The first-order valence-electron chi connectivity index (χ1n) is 13.4. The van der Waals surface area contributed by atoms with E-state index in [1.54, 1.807) is 12.1 Å². The van der Waals surface area contributed by atoms with Crippen molar-refractivity contribution in [2.45, 2.75) is 58.2 Å². The molecule has 0 saturated carbocycles. The second-order valence-corrected chi connectivity index (χ2v) is 10.4. The Kier molecular flexibility index (Phi) is 8.38. The van der Waals surface area contributed by atoms with Crippen LogP contribution in [-0.2, 0) is 13.1 Å². The van der Waals surface area contributed by atoms with Crippen LogP contribution in [0.15, 0.2) is 72.9 Å². The standard InChI is InChI=1S/C31H32ClF3N2O2/c1-2-3-16-37-21-27(23-9-11-25(12-10-23)39-31(33,34)35)26-19-22(8-13-29(26)37)20-36-17-14-24(15-18-36)38-30-7-5-4-6-28(30)32/h4-13,19,21,24H,2-3,14-18,20H2,1H3. The first-order valence-corrected chi connectivity index (χ1v) is 13.8. The summed E-state index contributed by atoms with van der Waals surface area (Å²) in [7, 11) is 0. The Labute approximate surface area is 231 Å². The van der Waals surface area contributed by atoms with E-state index in [4.69, 9.17) is 16.3 Å². The van der Waals surface area contributed by atoms with Gasteiger partial charge in [0.25, 0.3) is 0 Å². The number of benzene rings is 3. The Hall–Kier alpha value is -3.16. The van der Waals surface area contributed by atoms with Crippen LogP contribution in [0.5, 0.6) is 11.5 Å². The van der Waals surface area contributed by atoms with Gasteiger partial charge in [-0.05, 0) is 66.8 Å². The number of piperidine rings is 1. The highest BCUT2D eigenvalue weighted by atomic mass is 35.5. The van der Waals surface area contributed by atoms with Crippen LogP contribution < -0.4 is 9.47 Å². The van der Waals surface area contributed by atoms with Gasteiger partial charge in [0.05, 0.1) is 5.02 Å². The number of ether oxygens (including phenoxy) is 2. The highest BCUT2D eigenvalue weighted by molar-refractivity contribution is 6.32.